The number of hydrogen-bond acceptors (Lipinski definition) is 4. The third-order valence-corrected chi connectivity index (χ3v) is 14.6. The Labute approximate surface area is 323 Å². The number of nitrogens with zero attached hydrogens (tertiary/aromatic N) is 1. The number of fused-ring (bicyclic) bond motifs is 13. The summed E-state index contributed by atoms with van der Waals surface area (Å²) >= 11 is 5.70. The van der Waals surface area contributed by atoms with E-state index in [2.05, 4.69) is 181 Å². The van der Waals surface area contributed by atoms with E-state index in [1.807, 2.05) is 34.0 Å². The normalized spacial score (nSPS) is 12.1. The van der Waals surface area contributed by atoms with E-state index in [1.165, 1.54) is 98.9 Å². The lowest BCUT2D eigenvalue weighted by Crippen LogP contribution is -2.10. The maximum Gasteiger partial charge on any atom is 0.0640 e. The second-order valence-corrected chi connectivity index (χ2v) is 17.2. The molecule has 0 atom stereocenters. The highest BCUT2D eigenvalue weighted by Gasteiger charge is 2.21. The summed E-state index contributed by atoms with van der Waals surface area (Å²) in [6, 6.07) is 65.3. The zero-order valence-electron chi connectivity index (χ0n) is 28.9. The Bertz CT molecular complexity index is 3450. The Balaban J connectivity index is 1.09. The van der Waals surface area contributed by atoms with E-state index in [1.54, 1.807) is 0 Å². The molecule has 0 bridgehead atoms. The van der Waals surface area contributed by atoms with Crippen LogP contribution < -0.4 is 4.90 Å². The molecule has 1 nitrogen and oxygen atoms in total. The van der Waals surface area contributed by atoms with Gasteiger partial charge in [0.25, 0.3) is 0 Å². The van der Waals surface area contributed by atoms with Crippen molar-refractivity contribution in [3.05, 3.63) is 176 Å². The average molecular weight is 740 g/mol. The first kappa shape index (κ1) is 30.4. The molecule has 0 N–H and O–H groups in total. The molecule has 0 aliphatic carbocycles. The number of rotatable bonds is 4. The second-order valence-electron chi connectivity index (χ2n) is 14.0. The molecule has 0 aliphatic rings. The second kappa shape index (κ2) is 11.7. The highest BCUT2D eigenvalue weighted by atomic mass is 32.1. The monoisotopic (exact) mass is 739 g/mol. The van der Waals surface area contributed by atoms with E-state index in [0.717, 1.165) is 11.4 Å². The van der Waals surface area contributed by atoms with Crippen molar-refractivity contribution in [2.75, 3.05) is 4.90 Å². The van der Waals surface area contributed by atoms with E-state index >= 15 is 0 Å². The minimum atomic E-state index is 1.14. The van der Waals surface area contributed by atoms with Gasteiger partial charge in [-0.15, -0.1) is 34.0 Å². The number of thiophene rings is 3. The Morgan fingerprint density at radius 2 is 0.944 bits per heavy atom. The van der Waals surface area contributed by atoms with Gasteiger partial charge >= 0.3 is 0 Å². The van der Waals surface area contributed by atoms with Crippen LogP contribution in [0.1, 0.15) is 0 Å². The lowest BCUT2D eigenvalue weighted by Gasteiger charge is -2.26. The van der Waals surface area contributed by atoms with Crippen molar-refractivity contribution in [1.82, 2.24) is 0 Å². The first-order valence-electron chi connectivity index (χ1n) is 18.2. The maximum absolute atomic E-state index is 2.48. The number of benzene rings is 9. The lowest BCUT2D eigenvalue weighted by molar-refractivity contribution is 1.31. The lowest BCUT2D eigenvalue weighted by atomic mass is 9.93. The van der Waals surface area contributed by atoms with Gasteiger partial charge in [0.2, 0.25) is 0 Å². The van der Waals surface area contributed by atoms with Gasteiger partial charge in [-0.2, -0.15) is 0 Å². The Morgan fingerprint density at radius 1 is 0.333 bits per heavy atom. The van der Waals surface area contributed by atoms with E-state index in [-0.39, 0.29) is 0 Å². The summed E-state index contributed by atoms with van der Waals surface area (Å²) in [5.41, 5.74) is 5.97. The number of hydrogen-bond donors (Lipinski definition) is 0. The maximum atomic E-state index is 2.48. The molecule has 0 saturated heterocycles. The third-order valence-electron chi connectivity index (χ3n) is 11.1. The first-order chi connectivity index (χ1) is 26.8. The molecule has 0 radical (unpaired) electrons. The van der Waals surface area contributed by atoms with Crippen LogP contribution in [0, 0.1) is 0 Å². The molecule has 3 aromatic heterocycles. The van der Waals surface area contributed by atoms with Crippen molar-refractivity contribution >= 4 is 133 Å². The van der Waals surface area contributed by atoms with Crippen molar-refractivity contribution < 1.29 is 0 Å². The van der Waals surface area contributed by atoms with Gasteiger partial charge in [0.15, 0.2) is 0 Å². The van der Waals surface area contributed by atoms with E-state index < -0.39 is 0 Å². The average Bonchev–Trinajstić information content (AvgIpc) is 3.92. The molecule has 0 saturated carbocycles. The fourth-order valence-corrected chi connectivity index (χ4v) is 12.3. The van der Waals surface area contributed by atoms with Crippen molar-refractivity contribution in [2.24, 2.45) is 0 Å². The minimum absolute atomic E-state index is 1.14. The first-order valence-corrected chi connectivity index (χ1v) is 20.7. The van der Waals surface area contributed by atoms with Gasteiger partial charge in [-0.05, 0) is 87.3 Å². The van der Waals surface area contributed by atoms with E-state index in [9.17, 15) is 0 Å². The fourth-order valence-electron chi connectivity index (χ4n) is 8.59. The topological polar surface area (TPSA) is 3.24 Å². The van der Waals surface area contributed by atoms with Gasteiger partial charge in [-0.3, -0.25) is 0 Å². The molecule has 12 aromatic rings. The molecule has 0 amide bonds. The zero-order chi connectivity index (χ0) is 35.3. The van der Waals surface area contributed by atoms with Gasteiger partial charge in [0.1, 0.15) is 0 Å². The van der Waals surface area contributed by atoms with Crippen LogP contribution in [0.15, 0.2) is 176 Å². The highest BCUT2D eigenvalue weighted by Crippen LogP contribution is 2.50. The molecule has 12 rings (SSSR count). The van der Waals surface area contributed by atoms with Crippen LogP contribution in [-0.4, -0.2) is 0 Å². The molecule has 0 spiro atoms. The number of anilines is 3. The molecule has 9 aromatic carbocycles. The van der Waals surface area contributed by atoms with Crippen LogP contribution in [-0.2, 0) is 0 Å². The molecular weight excluding hydrogens is 711 g/mol. The van der Waals surface area contributed by atoms with Crippen LogP contribution in [0.4, 0.5) is 17.1 Å². The van der Waals surface area contributed by atoms with Crippen molar-refractivity contribution in [1.29, 1.82) is 0 Å². The van der Waals surface area contributed by atoms with Crippen molar-refractivity contribution in [3.8, 4) is 11.1 Å². The highest BCUT2D eigenvalue weighted by molar-refractivity contribution is 7.30. The summed E-state index contributed by atoms with van der Waals surface area (Å²) in [5, 5.41) is 13.1. The molecule has 54 heavy (non-hydrogen) atoms. The molecule has 0 fully saturated rings. The van der Waals surface area contributed by atoms with E-state index in [4.69, 9.17) is 0 Å². The van der Waals surface area contributed by atoms with Gasteiger partial charge in [0.05, 0.1) is 10.4 Å². The minimum Gasteiger partial charge on any atom is -0.309 e. The van der Waals surface area contributed by atoms with Crippen LogP contribution in [0.2, 0.25) is 0 Å². The molecule has 252 valence electrons. The molecule has 3 heterocycles. The summed E-state index contributed by atoms with van der Waals surface area (Å²) in [7, 11) is 0. The third kappa shape index (κ3) is 4.48. The van der Waals surface area contributed by atoms with Gasteiger partial charge < -0.3 is 4.90 Å². The Kier molecular flexibility index (Phi) is 6.61. The van der Waals surface area contributed by atoms with Gasteiger partial charge in [0, 0.05) is 67.2 Å². The summed E-state index contributed by atoms with van der Waals surface area (Å²) in [4.78, 5) is 2.48. The van der Waals surface area contributed by atoms with Gasteiger partial charge in [-0.25, -0.2) is 0 Å². The van der Waals surface area contributed by atoms with Crippen LogP contribution >= 0.6 is 34.0 Å². The van der Waals surface area contributed by atoms with E-state index in [0.29, 0.717) is 0 Å². The predicted octanol–water partition coefficient (Wildman–Crippen LogP) is 16.2. The van der Waals surface area contributed by atoms with Crippen molar-refractivity contribution in [2.45, 2.75) is 0 Å². The summed E-state index contributed by atoms with van der Waals surface area (Å²) in [6.07, 6.45) is 0. The van der Waals surface area contributed by atoms with Crippen LogP contribution in [0.25, 0.3) is 93.2 Å². The van der Waals surface area contributed by atoms with Crippen LogP contribution in [0.5, 0.6) is 0 Å². The standard InChI is InChI=1S/C50H29NS3/c1-2-11-34-31(10-1)28-42(36-13-4-3-12-35(34)36)30-20-22-32(23-21-30)51(33-24-25-38-37-14-5-7-18-44(37)53-47(38)29-33)43-17-9-16-39-40-26-27-46-48(50(40)54-49(39)43)41-15-6-8-19-45(41)52-46/h1-29H. The molecule has 0 unspecified atom stereocenters. The Hall–Kier alpha value is -6.04. The largest absolute Gasteiger partial charge is 0.309 e. The molecule has 4 heteroatoms. The predicted molar refractivity (Wildman–Crippen MR) is 240 cm³/mol. The quantitative estimate of drug-likeness (QED) is 0.163. The van der Waals surface area contributed by atoms with Crippen molar-refractivity contribution in [3.63, 3.8) is 0 Å². The smallest absolute Gasteiger partial charge is 0.0640 e. The summed E-state index contributed by atoms with van der Waals surface area (Å²) in [6.45, 7) is 0. The summed E-state index contributed by atoms with van der Waals surface area (Å²) in [5.74, 6) is 0. The fraction of sp³-hybridized carbons (Fsp3) is 0. The van der Waals surface area contributed by atoms with Gasteiger partial charge in [-0.1, -0.05) is 121 Å². The summed E-state index contributed by atoms with van der Waals surface area (Å²) < 4.78 is 7.98. The zero-order valence-corrected chi connectivity index (χ0v) is 31.4. The molecule has 0 aliphatic heterocycles. The van der Waals surface area contributed by atoms with Crippen LogP contribution in [0.3, 0.4) is 0 Å². The Morgan fingerprint density at radius 3 is 1.80 bits per heavy atom. The SMILES string of the molecule is c1ccc2c(c1)cc(-c1ccc(N(c3ccc4c(c3)sc3ccccc34)c3cccc4c3sc3c4ccc4sc5ccccc5c43)cc1)c1ccccc12. The molecular formula is C50H29NS3.